The fourth-order valence-electron chi connectivity index (χ4n) is 1.39. The Balaban J connectivity index is 0.00000225. The summed E-state index contributed by atoms with van der Waals surface area (Å²) in [6.07, 6.45) is 0.592. The van der Waals surface area contributed by atoms with Crippen LogP contribution in [0.4, 0.5) is 0 Å². The maximum Gasteiger partial charge on any atom is 0.178 e. The largest absolute Gasteiger partial charge is 0.326 e. The van der Waals surface area contributed by atoms with E-state index in [0.29, 0.717) is 21.9 Å². The van der Waals surface area contributed by atoms with E-state index in [9.17, 15) is 8.42 Å². The van der Waals surface area contributed by atoms with E-state index < -0.39 is 9.84 Å². The summed E-state index contributed by atoms with van der Waals surface area (Å²) < 4.78 is 23.6. The molecule has 0 aliphatic heterocycles. The first-order valence-corrected chi connectivity index (χ1v) is 6.75. The van der Waals surface area contributed by atoms with Gasteiger partial charge in [0.15, 0.2) is 9.84 Å². The molecular formula is C10H15Cl2NO2S. The Morgan fingerprint density at radius 2 is 2.00 bits per heavy atom. The molecular weight excluding hydrogens is 269 g/mol. The summed E-state index contributed by atoms with van der Waals surface area (Å²) in [6.45, 7) is 2.01. The lowest BCUT2D eigenvalue weighted by molar-refractivity contribution is 0.593. The molecule has 0 atom stereocenters. The van der Waals surface area contributed by atoms with Crippen LogP contribution in [0.1, 0.15) is 18.9 Å². The molecule has 0 radical (unpaired) electrons. The van der Waals surface area contributed by atoms with Gasteiger partial charge in [-0.3, -0.25) is 0 Å². The molecule has 1 rings (SSSR count). The summed E-state index contributed by atoms with van der Waals surface area (Å²) in [5, 5.41) is 0.505. The molecule has 0 heterocycles. The van der Waals surface area contributed by atoms with Crippen molar-refractivity contribution >= 4 is 33.8 Å². The summed E-state index contributed by atoms with van der Waals surface area (Å²) in [5.41, 5.74) is 6.07. The summed E-state index contributed by atoms with van der Waals surface area (Å²) >= 11 is 5.77. The maximum absolute atomic E-state index is 11.8. The van der Waals surface area contributed by atoms with Gasteiger partial charge in [0.25, 0.3) is 0 Å². The quantitative estimate of drug-likeness (QED) is 0.923. The van der Waals surface area contributed by atoms with E-state index in [1.165, 1.54) is 6.07 Å². The molecule has 0 aliphatic carbocycles. The number of rotatable bonds is 4. The monoisotopic (exact) mass is 283 g/mol. The second-order valence-corrected chi connectivity index (χ2v) is 5.79. The predicted octanol–water partition coefficient (Wildman–Crippen LogP) is 2.40. The van der Waals surface area contributed by atoms with Crippen molar-refractivity contribution in [1.82, 2.24) is 0 Å². The third-order valence-electron chi connectivity index (χ3n) is 2.05. The van der Waals surface area contributed by atoms with Gasteiger partial charge in [-0.2, -0.15) is 0 Å². The zero-order chi connectivity index (χ0) is 11.5. The molecule has 0 spiro atoms. The Morgan fingerprint density at radius 3 is 2.50 bits per heavy atom. The van der Waals surface area contributed by atoms with Gasteiger partial charge in [-0.1, -0.05) is 18.5 Å². The Kier molecular flexibility index (Phi) is 6.33. The van der Waals surface area contributed by atoms with E-state index in [2.05, 4.69) is 0 Å². The lowest BCUT2D eigenvalue weighted by atomic mass is 10.2. The van der Waals surface area contributed by atoms with E-state index in [1.54, 1.807) is 12.1 Å². The average molecular weight is 284 g/mol. The number of hydrogen-bond acceptors (Lipinski definition) is 3. The first kappa shape index (κ1) is 15.7. The molecule has 6 heteroatoms. The van der Waals surface area contributed by atoms with Gasteiger partial charge in [0.1, 0.15) is 0 Å². The van der Waals surface area contributed by atoms with E-state index in [-0.39, 0.29) is 24.7 Å². The fraction of sp³-hybridized carbons (Fsp3) is 0.400. The van der Waals surface area contributed by atoms with Crippen LogP contribution >= 0.6 is 24.0 Å². The highest BCUT2D eigenvalue weighted by atomic mass is 35.5. The zero-order valence-corrected chi connectivity index (χ0v) is 11.3. The van der Waals surface area contributed by atoms with E-state index in [1.807, 2.05) is 6.92 Å². The van der Waals surface area contributed by atoms with Crippen molar-refractivity contribution in [2.24, 2.45) is 5.73 Å². The van der Waals surface area contributed by atoms with Gasteiger partial charge in [0, 0.05) is 11.6 Å². The van der Waals surface area contributed by atoms with Crippen LogP contribution in [0.15, 0.2) is 23.1 Å². The van der Waals surface area contributed by atoms with E-state index in [0.717, 1.165) is 0 Å². The summed E-state index contributed by atoms with van der Waals surface area (Å²) in [5.74, 6) is 0.141. The lowest BCUT2D eigenvalue weighted by Crippen LogP contribution is -2.11. The van der Waals surface area contributed by atoms with Crippen LogP contribution in [0.5, 0.6) is 0 Å². The van der Waals surface area contributed by atoms with Crippen molar-refractivity contribution in [3.8, 4) is 0 Å². The summed E-state index contributed by atoms with van der Waals surface area (Å²) in [6, 6.07) is 4.70. The molecule has 0 aromatic heterocycles. The van der Waals surface area contributed by atoms with E-state index >= 15 is 0 Å². The predicted molar refractivity (Wildman–Crippen MR) is 68.9 cm³/mol. The molecule has 16 heavy (non-hydrogen) atoms. The average Bonchev–Trinajstić information content (AvgIpc) is 2.17. The van der Waals surface area contributed by atoms with Crippen LogP contribution in [0.2, 0.25) is 5.02 Å². The highest BCUT2D eigenvalue weighted by Gasteiger charge is 2.16. The minimum atomic E-state index is -3.21. The van der Waals surface area contributed by atoms with Crippen molar-refractivity contribution in [2.45, 2.75) is 24.8 Å². The normalized spacial score (nSPS) is 10.9. The van der Waals surface area contributed by atoms with Crippen molar-refractivity contribution in [2.75, 3.05) is 5.75 Å². The number of hydrogen-bond donors (Lipinski definition) is 1. The van der Waals surface area contributed by atoms with Gasteiger partial charge in [-0.25, -0.2) is 8.42 Å². The molecule has 2 N–H and O–H groups in total. The van der Waals surface area contributed by atoms with Crippen LogP contribution in [0.25, 0.3) is 0 Å². The summed E-state index contributed by atoms with van der Waals surface area (Å²) in [7, 11) is -3.21. The molecule has 92 valence electrons. The molecule has 3 nitrogen and oxygen atoms in total. The van der Waals surface area contributed by atoms with Gasteiger partial charge >= 0.3 is 0 Å². The van der Waals surface area contributed by atoms with Crippen molar-refractivity contribution in [3.05, 3.63) is 28.8 Å². The van der Waals surface area contributed by atoms with E-state index in [4.69, 9.17) is 17.3 Å². The van der Waals surface area contributed by atoms with Crippen molar-refractivity contribution in [1.29, 1.82) is 0 Å². The van der Waals surface area contributed by atoms with Gasteiger partial charge in [-0.05, 0) is 30.2 Å². The molecule has 1 aromatic carbocycles. The maximum atomic E-state index is 11.8. The third kappa shape index (κ3) is 3.63. The van der Waals surface area contributed by atoms with Crippen LogP contribution in [0.3, 0.4) is 0 Å². The molecule has 0 aliphatic rings. The number of nitrogens with two attached hydrogens (primary N) is 1. The lowest BCUT2D eigenvalue weighted by Gasteiger charge is -2.08. The SMILES string of the molecule is CCCS(=O)(=O)c1ccc(Cl)cc1CN.Cl. The Labute approximate surface area is 107 Å². The van der Waals surface area contributed by atoms with Crippen LogP contribution in [-0.2, 0) is 16.4 Å². The molecule has 0 amide bonds. The number of sulfone groups is 1. The molecule has 0 saturated carbocycles. The van der Waals surface area contributed by atoms with Gasteiger partial charge in [0.2, 0.25) is 0 Å². The zero-order valence-electron chi connectivity index (χ0n) is 8.94. The number of benzene rings is 1. The molecule has 0 unspecified atom stereocenters. The first-order valence-electron chi connectivity index (χ1n) is 4.72. The molecule has 1 aromatic rings. The summed E-state index contributed by atoms with van der Waals surface area (Å²) in [4.78, 5) is 0.302. The number of halogens is 2. The van der Waals surface area contributed by atoms with Crippen LogP contribution in [0, 0.1) is 0 Å². The molecule has 0 fully saturated rings. The van der Waals surface area contributed by atoms with Crippen LogP contribution < -0.4 is 5.73 Å². The Hall–Kier alpha value is -0.290. The molecule has 0 bridgehead atoms. The van der Waals surface area contributed by atoms with Gasteiger partial charge < -0.3 is 5.73 Å². The minimum absolute atomic E-state index is 0. The van der Waals surface area contributed by atoms with Crippen LogP contribution in [-0.4, -0.2) is 14.2 Å². The highest BCUT2D eigenvalue weighted by Crippen LogP contribution is 2.21. The fourth-order valence-corrected chi connectivity index (χ4v) is 3.16. The second-order valence-electron chi connectivity index (χ2n) is 3.28. The topological polar surface area (TPSA) is 60.2 Å². The standard InChI is InChI=1S/C10H14ClNO2S.ClH/c1-2-5-15(13,14)10-4-3-9(11)6-8(10)7-12;/h3-4,6H,2,5,7,12H2,1H3;1H. The first-order chi connectivity index (χ1) is 7.01. The van der Waals surface area contributed by atoms with Crippen molar-refractivity contribution in [3.63, 3.8) is 0 Å². The van der Waals surface area contributed by atoms with Crippen molar-refractivity contribution < 1.29 is 8.42 Å². The third-order valence-corrected chi connectivity index (χ3v) is 4.30. The highest BCUT2D eigenvalue weighted by molar-refractivity contribution is 7.91. The Bertz CT molecular complexity index is 446. The Morgan fingerprint density at radius 1 is 1.38 bits per heavy atom. The molecule has 0 saturated heterocycles. The smallest absolute Gasteiger partial charge is 0.178 e. The van der Waals surface area contributed by atoms with Gasteiger partial charge in [0.05, 0.1) is 10.6 Å². The van der Waals surface area contributed by atoms with Gasteiger partial charge in [-0.15, -0.1) is 12.4 Å². The minimum Gasteiger partial charge on any atom is -0.326 e. The second kappa shape index (κ2) is 6.45.